The number of rotatable bonds is 4. The second-order valence-electron chi connectivity index (χ2n) is 4.60. The molecule has 0 aliphatic heterocycles. The van der Waals surface area contributed by atoms with Crippen LogP contribution in [-0.2, 0) is 16.0 Å². The number of Topliss-reactive ketones (excluding diaryl/α,β-unsaturated/α-hetero) is 1. The van der Waals surface area contributed by atoms with Crippen LogP contribution in [0.4, 0.5) is 8.78 Å². The summed E-state index contributed by atoms with van der Waals surface area (Å²) in [5.41, 5.74) is -2.26. The minimum Gasteiger partial charge on any atom is -0.493 e. The maximum Gasteiger partial charge on any atom is 0.326 e. The van der Waals surface area contributed by atoms with Crippen molar-refractivity contribution in [3.8, 4) is 11.5 Å². The predicted molar refractivity (Wildman–Crippen MR) is 68.0 cm³/mol. The third kappa shape index (κ3) is 1.95. The normalized spacial score (nSPS) is 20.4. The largest absolute Gasteiger partial charge is 0.493 e. The fraction of sp³-hybridized carbons (Fsp3) is 0.429. The molecule has 0 aromatic heterocycles. The Hall–Kier alpha value is -2.18. The van der Waals surface area contributed by atoms with Crippen molar-refractivity contribution >= 4 is 11.8 Å². The summed E-state index contributed by atoms with van der Waals surface area (Å²) in [6, 6.07) is 2.98. The molecule has 21 heavy (non-hydrogen) atoms. The monoisotopic (exact) mass is 300 g/mol. The molecule has 0 N–H and O–H groups in total. The molecule has 7 heteroatoms. The van der Waals surface area contributed by atoms with Gasteiger partial charge in [-0.2, -0.15) is 0 Å². The van der Waals surface area contributed by atoms with Crippen LogP contribution in [0.15, 0.2) is 12.1 Å². The summed E-state index contributed by atoms with van der Waals surface area (Å²) < 4.78 is 41.5. The molecule has 1 aliphatic rings. The number of ketones is 1. The van der Waals surface area contributed by atoms with E-state index in [2.05, 4.69) is 4.74 Å². The van der Waals surface area contributed by atoms with E-state index in [1.165, 1.54) is 26.4 Å². The summed E-state index contributed by atoms with van der Waals surface area (Å²) in [4.78, 5) is 24.3. The van der Waals surface area contributed by atoms with Gasteiger partial charge in [-0.3, -0.25) is 9.59 Å². The Morgan fingerprint density at radius 3 is 2.38 bits per heavy atom. The molecule has 0 heterocycles. The van der Waals surface area contributed by atoms with Crippen LogP contribution in [-0.4, -0.2) is 39.5 Å². The zero-order valence-corrected chi connectivity index (χ0v) is 11.7. The molecule has 0 saturated carbocycles. The summed E-state index contributed by atoms with van der Waals surface area (Å²) in [6.45, 7) is 0. The SMILES string of the molecule is COC(=O)C1(C(F)F)Cc2ccc(OC)c(OC)c2C1=O. The van der Waals surface area contributed by atoms with Crippen molar-refractivity contribution in [2.75, 3.05) is 21.3 Å². The molecule has 0 saturated heterocycles. The molecule has 0 fully saturated rings. The van der Waals surface area contributed by atoms with Gasteiger partial charge in [0.2, 0.25) is 0 Å². The van der Waals surface area contributed by atoms with Crippen LogP contribution < -0.4 is 9.47 Å². The highest BCUT2D eigenvalue weighted by Gasteiger charge is 2.60. The topological polar surface area (TPSA) is 61.8 Å². The van der Waals surface area contributed by atoms with E-state index in [0.29, 0.717) is 5.56 Å². The molecule has 1 unspecified atom stereocenters. The van der Waals surface area contributed by atoms with Crippen LogP contribution in [0, 0.1) is 5.41 Å². The van der Waals surface area contributed by atoms with Gasteiger partial charge in [0.15, 0.2) is 22.7 Å². The first kappa shape index (κ1) is 15.2. The van der Waals surface area contributed by atoms with Crippen molar-refractivity contribution in [3.63, 3.8) is 0 Å². The van der Waals surface area contributed by atoms with E-state index >= 15 is 0 Å². The fourth-order valence-electron chi connectivity index (χ4n) is 2.58. The Bertz CT molecular complexity index is 599. The van der Waals surface area contributed by atoms with Crippen LogP contribution >= 0.6 is 0 Å². The number of hydrogen-bond donors (Lipinski definition) is 0. The first-order chi connectivity index (χ1) is 9.93. The van der Waals surface area contributed by atoms with E-state index in [1.54, 1.807) is 0 Å². The molecule has 1 atom stereocenters. The van der Waals surface area contributed by atoms with Crippen molar-refractivity contribution in [2.45, 2.75) is 12.8 Å². The Morgan fingerprint density at radius 2 is 1.90 bits per heavy atom. The number of esters is 1. The summed E-state index contributed by atoms with van der Waals surface area (Å²) in [7, 11) is 3.64. The molecule has 1 aromatic rings. The van der Waals surface area contributed by atoms with Crippen LogP contribution in [0.3, 0.4) is 0 Å². The number of hydrogen-bond acceptors (Lipinski definition) is 5. The summed E-state index contributed by atoms with van der Waals surface area (Å²) in [6.07, 6.45) is -3.60. The van der Waals surface area contributed by atoms with Crippen LogP contribution in [0.1, 0.15) is 15.9 Å². The standard InChI is InChI=1S/C14H14F2O5/c1-19-8-5-4-7-6-14(12(15)16,13(18)21-3)11(17)9(7)10(8)20-2/h4-5,12H,6H2,1-3H3. The number of halogens is 2. The Labute approximate surface area is 119 Å². The van der Waals surface area contributed by atoms with E-state index in [4.69, 9.17) is 9.47 Å². The summed E-state index contributed by atoms with van der Waals surface area (Å²) in [5, 5.41) is 0. The highest BCUT2D eigenvalue weighted by Crippen LogP contribution is 2.48. The van der Waals surface area contributed by atoms with Gasteiger partial charge in [-0.1, -0.05) is 6.07 Å². The van der Waals surface area contributed by atoms with E-state index < -0.39 is 30.0 Å². The average Bonchev–Trinajstić information content (AvgIpc) is 2.79. The van der Waals surface area contributed by atoms with Crippen molar-refractivity contribution < 1.29 is 32.6 Å². The summed E-state index contributed by atoms with van der Waals surface area (Å²) in [5.74, 6) is -1.97. The lowest BCUT2D eigenvalue weighted by atomic mass is 9.84. The average molecular weight is 300 g/mol. The number of methoxy groups -OCH3 is 3. The molecule has 114 valence electrons. The van der Waals surface area contributed by atoms with Gasteiger partial charge in [0.05, 0.1) is 26.9 Å². The molecule has 1 aliphatic carbocycles. The molecule has 2 rings (SSSR count). The number of ether oxygens (including phenoxy) is 3. The summed E-state index contributed by atoms with van der Waals surface area (Å²) >= 11 is 0. The van der Waals surface area contributed by atoms with Gasteiger partial charge in [0.25, 0.3) is 6.43 Å². The fourth-order valence-corrected chi connectivity index (χ4v) is 2.58. The number of alkyl halides is 2. The lowest BCUT2D eigenvalue weighted by molar-refractivity contribution is -0.157. The lowest BCUT2D eigenvalue weighted by Gasteiger charge is -2.22. The predicted octanol–water partition coefficient (Wildman–Crippen LogP) is 1.87. The third-order valence-corrected chi connectivity index (χ3v) is 3.66. The number of benzene rings is 1. The van der Waals surface area contributed by atoms with Crippen LogP contribution in [0.2, 0.25) is 0 Å². The zero-order valence-electron chi connectivity index (χ0n) is 11.7. The minimum atomic E-state index is -3.18. The van der Waals surface area contributed by atoms with Crippen LogP contribution in [0.5, 0.6) is 11.5 Å². The van der Waals surface area contributed by atoms with Crippen molar-refractivity contribution in [1.82, 2.24) is 0 Å². The molecule has 0 spiro atoms. The highest BCUT2D eigenvalue weighted by atomic mass is 19.3. The molecule has 1 aromatic carbocycles. The number of fused-ring (bicyclic) bond motifs is 1. The van der Waals surface area contributed by atoms with E-state index in [0.717, 1.165) is 7.11 Å². The van der Waals surface area contributed by atoms with Gasteiger partial charge >= 0.3 is 5.97 Å². The lowest BCUT2D eigenvalue weighted by Crippen LogP contribution is -2.44. The van der Waals surface area contributed by atoms with E-state index in [-0.39, 0.29) is 17.1 Å². The molecule has 0 radical (unpaired) electrons. The van der Waals surface area contributed by atoms with Crippen molar-refractivity contribution in [2.24, 2.45) is 5.41 Å². The van der Waals surface area contributed by atoms with Gasteiger partial charge in [-0.05, 0) is 11.6 Å². The van der Waals surface area contributed by atoms with Gasteiger partial charge in [0, 0.05) is 6.42 Å². The first-order valence-electron chi connectivity index (χ1n) is 6.09. The molecular weight excluding hydrogens is 286 g/mol. The molecule has 5 nitrogen and oxygen atoms in total. The molecule has 0 amide bonds. The number of carbonyl (C=O) groups excluding carboxylic acids is 2. The van der Waals surface area contributed by atoms with Crippen LogP contribution in [0.25, 0.3) is 0 Å². The van der Waals surface area contributed by atoms with Gasteiger partial charge in [-0.15, -0.1) is 0 Å². The Morgan fingerprint density at radius 1 is 1.24 bits per heavy atom. The quantitative estimate of drug-likeness (QED) is 0.627. The van der Waals surface area contributed by atoms with Crippen molar-refractivity contribution in [3.05, 3.63) is 23.3 Å². The zero-order chi connectivity index (χ0) is 15.8. The van der Waals surface area contributed by atoms with E-state index in [9.17, 15) is 18.4 Å². The van der Waals surface area contributed by atoms with Crippen molar-refractivity contribution in [1.29, 1.82) is 0 Å². The molecular formula is C14H14F2O5. The number of carbonyl (C=O) groups is 2. The minimum absolute atomic E-state index is 0.0476. The van der Waals surface area contributed by atoms with Gasteiger partial charge in [-0.25, -0.2) is 8.78 Å². The second kappa shape index (κ2) is 5.31. The van der Waals surface area contributed by atoms with Gasteiger partial charge < -0.3 is 14.2 Å². The second-order valence-corrected chi connectivity index (χ2v) is 4.60. The molecule has 0 bridgehead atoms. The highest BCUT2D eigenvalue weighted by molar-refractivity contribution is 6.18. The Balaban J connectivity index is 2.66. The van der Waals surface area contributed by atoms with Gasteiger partial charge in [0.1, 0.15) is 0 Å². The first-order valence-corrected chi connectivity index (χ1v) is 6.09. The maximum absolute atomic E-state index is 13.5. The smallest absolute Gasteiger partial charge is 0.326 e. The third-order valence-electron chi connectivity index (χ3n) is 3.66. The Kier molecular flexibility index (Phi) is 3.85. The maximum atomic E-state index is 13.5. The van der Waals surface area contributed by atoms with E-state index in [1.807, 2.05) is 0 Å².